The Morgan fingerprint density at radius 1 is 1.30 bits per heavy atom. The Morgan fingerprint density at radius 3 is 3.00 bits per heavy atom. The summed E-state index contributed by atoms with van der Waals surface area (Å²) in [5.41, 5.74) is 1.34. The van der Waals surface area contributed by atoms with Crippen LogP contribution in [0, 0.1) is 0 Å². The van der Waals surface area contributed by atoms with Gasteiger partial charge in [-0.25, -0.2) is 0 Å². The Morgan fingerprint density at radius 2 is 2.20 bits per heavy atom. The number of likely N-dealkylation sites (N-methyl/N-ethyl adjacent to an activating group) is 1. The van der Waals surface area contributed by atoms with Crippen molar-refractivity contribution < 1.29 is 0 Å². The maximum atomic E-state index is 4.39. The molecule has 2 heterocycles. The molecule has 1 atom stereocenters. The van der Waals surface area contributed by atoms with E-state index in [0.29, 0.717) is 6.04 Å². The summed E-state index contributed by atoms with van der Waals surface area (Å²) in [5, 5.41) is 6.16. The van der Waals surface area contributed by atoms with Crippen molar-refractivity contribution in [1.82, 2.24) is 15.2 Å². The minimum absolute atomic E-state index is 0.665. The number of nitrogens with one attached hydrogen (secondary N) is 1. The van der Waals surface area contributed by atoms with Gasteiger partial charge in [-0.2, -0.15) is 0 Å². The number of fused-ring (bicyclic) bond motifs is 1. The van der Waals surface area contributed by atoms with Gasteiger partial charge in [0.25, 0.3) is 0 Å². The fourth-order valence-corrected chi connectivity index (χ4v) is 3.08. The molecular formula is C17H23N3. The lowest BCUT2D eigenvalue weighted by atomic mass is 10.1. The quantitative estimate of drug-likeness (QED) is 0.904. The number of nitrogens with zero attached hydrogens (tertiary/aromatic N) is 2. The van der Waals surface area contributed by atoms with E-state index in [4.69, 9.17) is 0 Å². The Hall–Kier alpha value is -1.45. The number of hydrogen-bond donors (Lipinski definition) is 1. The van der Waals surface area contributed by atoms with Crippen molar-refractivity contribution >= 4 is 10.8 Å². The fraction of sp³-hybridized carbons (Fsp3) is 0.471. The summed E-state index contributed by atoms with van der Waals surface area (Å²) >= 11 is 0. The fourth-order valence-electron chi connectivity index (χ4n) is 3.08. The van der Waals surface area contributed by atoms with E-state index in [0.717, 1.165) is 19.6 Å². The third-order valence-corrected chi connectivity index (χ3v) is 4.23. The number of rotatable bonds is 5. The molecule has 0 bridgehead atoms. The molecule has 2 aromatic rings. The van der Waals surface area contributed by atoms with Crippen LogP contribution in [0.2, 0.25) is 0 Å². The molecule has 1 aliphatic heterocycles. The van der Waals surface area contributed by atoms with Crippen molar-refractivity contribution in [1.29, 1.82) is 0 Å². The van der Waals surface area contributed by atoms with Gasteiger partial charge in [-0.1, -0.05) is 31.2 Å². The van der Waals surface area contributed by atoms with Gasteiger partial charge in [0.1, 0.15) is 0 Å². The molecule has 1 saturated heterocycles. The van der Waals surface area contributed by atoms with E-state index in [1.54, 1.807) is 0 Å². The average Bonchev–Trinajstić information content (AvgIpc) is 3.00. The van der Waals surface area contributed by atoms with Crippen LogP contribution in [-0.4, -0.2) is 35.6 Å². The van der Waals surface area contributed by atoms with Crippen molar-refractivity contribution in [3.05, 3.63) is 42.2 Å². The minimum atomic E-state index is 0.665. The molecule has 1 N–H and O–H groups in total. The first-order valence-electron chi connectivity index (χ1n) is 7.64. The number of pyridine rings is 1. The summed E-state index contributed by atoms with van der Waals surface area (Å²) in [7, 11) is 0. The SMILES string of the molecule is CCN(Cc1cncc2ccccc12)CC1CCCN1. The van der Waals surface area contributed by atoms with E-state index in [2.05, 4.69) is 46.4 Å². The second kappa shape index (κ2) is 6.33. The van der Waals surface area contributed by atoms with E-state index in [1.807, 2.05) is 12.4 Å². The van der Waals surface area contributed by atoms with Gasteiger partial charge in [0, 0.05) is 36.9 Å². The Labute approximate surface area is 121 Å². The van der Waals surface area contributed by atoms with Crippen LogP contribution in [0.15, 0.2) is 36.7 Å². The van der Waals surface area contributed by atoms with Gasteiger partial charge >= 0.3 is 0 Å². The largest absolute Gasteiger partial charge is 0.313 e. The van der Waals surface area contributed by atoms with Gasteiger partial charge in [0.2, 0.25) is 0 Å². The van der Waals surface area contributed by atoms with Gasteiger partial charge in [-0.05, 0) is 36.9 Å². The van der Waals surface area contributed by atoms with Gasteiger partial charge < -0.3 is 5.32 Å². The maximum absolute atomic E-state index is 4.39. The molecule has 0 aliphatic carbocycles. The first-order chi connectivity index (χ1) is 9.86. The van der Waals surface area contributed by atoms with Crippen LogP contribution in [0.25, 0.3) is 10.8 Å². The van der Waals surface area contributed by atoms with E-state index in [1.165, 1.54) is 35.7 Å². The molecular weight excluding hydrogens is 246 g/mol. The number of hydrogen-bond acceptors (Lipinski definition) is 3. The van der Waals surface area contributed by atoms with Gasteiger partial charge in [-0.3, -0.25) is 9.88 Å². The second-order valence-corrected chi connectivity index (χ2v) is 5.64. The number of aromatic nitrogens is 1. The van der Waals surface area contributed by atoms with Crippen molar-refractivity contribution in [3.63, 3.8) is 0 Å². The zero-order chi connectivity index (χ0) is 13.8. The van der Waals surface area contributed by atoms with Gasteiger partial charge in [0.15, 0.2) is 0 Å². The zero-order valence-electron chi connectivity index (χ0n) is 12.2. The molecule has 0 radical (unpaired) electrons. The molecule has 20 heavy (non-hydrogen) atoms. The van der Waals surface area contributed by atoms with E-state index in [-0.39, 0.29) is 0 Å². The third-order valence-electron chi connectivity index (χ3n) is 4.23. The smallest absolute Gasteiger partial charge is 0.0346 e. The molecule has 3 nitrogen and oxygen atoms in total. The molecule has 3 heteroatoms. The summed E-state index contributed by atoms with van der Waals surface area (Å²) in [6.45, 7) is 6.63. The molecule has 106 valence electrons. The van der Waals surface area contributed by atoms with Crippen LogP contribution < -0.4 is 5.32 Å². The molecule has 1 aromatic heterocycles. The summed E-state index contributed by atoms with van der Waals surface area (Å²) in [6.07, 6.45) is 6.60. The minimum Gasteiger partial charge on any atom is -0.313 e. The van der Waals surface area contributed by atoms with Crippen LogP contribution in [0.1, 0.15) is 25.3 Å². The molecule has 1 fully saturated rings. The highest BCUT2D eigenvalue weighted by atomic mass is 15.1. The van der Waals surface area contributed by atoms with Crippen molar-refractivity contribution in [2.75, 3.05) is 19.6 Å². The van der Waals surface area contributed by atoms with E-state index < -0.39 is 0 Å². The van der Waals surface area contributed by atoms with Gasteiger partial charge in [0.05, 0.1) is 0 Å². The van der Waals surface area contributed by atoms with Crippen molar-refractivity contribution in [2.24, 2.45) is 0 Å². The molecule has 1 aliphatic rings. The first-order valence-corrected chi connectivity index (χ1v) is 7.64. The second-order valence-electron chi connectivity index (χ2n) is 5.64. The highest BCUT2D eigenvalue weighted by Gasteiger charge is 2.17. The summed E-state index contributed by atoms with van der Waals surface area (Å²) in [6, 6.07) is 9.20. The summed E-state index contributed by atoms with van der Waals surface area (Å²) < 4.78 is 0. The van der Waals surface area contributed by atoms with Crippen molar-refractivity contribution in [3.8, 4) is 0 Å². The monoisotopic (exact) mass is 269 g/mol. The average molecular weight is 269 g/mol. The third kappa shape index (κ3) is 3.00. The van der Waals surface area contributed by atoms with Crippen LogP contribution >= 0.6 is 0 Å². The lowest BCUT2D eigenvalue weighted by molar-refractivity contribution is 0.254. The highest BCUT2D eigenvalue weighted by Crippen LogP contribution is 2.19. The predicted octanol–water partition coefficient (Wildman–Crippen LogP) is 2.81. The molecule has 0 amide bonds. The topological polar surface area (TPSA) is 28.2 Å². The van der Waals surface area contributed by atoms with Crippen LogP contribution in [0.3, 0.4) is 0 Å². The summed E-state index contributed by atoms with van der Waals surface area (Å²) in [4.78, 5) is 6.91. The first kappa shape index (κ1) is 13.5. The highest BCUT2D eigenvalue weighted by molar-refractivity contribution is 5.84. The van der Waals surface area contributed by atoms with Gasteiger partial charge in [-0.15, -0.1) is 0 Å². The standard InChI is InChI=1S/C17H23N3/c1-2-20(13-16-7-5-9-19-16)12-15-11-18-10-14-6-3-4-8-17(14)15/h3-4,6,8,10-11,16,19H,2,5,7,9,12-13H2,1H3. The van der Waals surface area contributed by atoms with E-state index in [9.17, 15) is 0 Å². The molecule has 0 spiro atoms. The lowest BCUT2D eigenvalue weighted by Gasteiger charge is -2.24. The Bertz CT molecular complexity index is 556. The number of benzene rings is 1. The van der Waals surface area contributed by atoms with Crippen LogP contribution in [0.4, 0.5) is 0 Å². The zero-order valence-corrected chi connectivity index (χ0v) is 12.2. The van der Waals surface area contributed by atoms with Crippen molar-refractivity contribution in [2.45, 2.75) is 32.4 Å². The molecule has 0 saturated carbocycles. The molecule has 3 rings (SSSR count). The predicted molar refractivity (Wildman–Crippen MR) is 83.7 cm³/mol. The van der Waals surface area contributed by atoms with Crippen LogP contribution in [0.5, 0.6) is 0 Å². The Kier molecular flexibility index (Phi) is 4.28. The normalized spacial score (nSPS) is 19.0. The Balaban J connectivity index is 1.76. The van der Waals surface area contributed by atoms with E-state index >= 15 is 0 Å². The summed E-state index contributed by atoms with van der Waals surface area (Å²) in [5.74, 6) is 0. The molecule has 1 unspecified atom stereocenters. The van der Waals surface area contributed by atoms with Crippen LogP contribution in [-0.2, 0) is 6.54 Å². The maximum Gasteiger partial charge on any atom is 0.0346 e. The molecule has 1 aromatic carbocycles. The lowest BCUT2D eigenvalue weighted by Crippen LogP contribution is -2.37.